The van der Waals surface area contributed by atoms with Gasteiger partial charge in [-0.05, 0) is 0 Å². The van der Waals surface area contributed by atoms with Crippen molar-refractivity contribution in [1.82, 2.24) is 9.97 Å². The molecule has 0 aromatic carbocycles. The van der Waals surface area contributed by atoms with Gasteiger partial charge in [-0.3, -0.25) is 4.79 Å². The summed E-state index contributed by atoms with van der Waals surface area (Å²) in [4.78, 5) is 16.6. The number of carbonyl (C=O) groups is 1. The van der Waals surface area contributed by atoms with Gasteiger partial charge in [0.15, 0.2) is 12.0 Å². The Kier molecular flexibility index (Phi) is 2.80. The van der Waals surface area contributed by atoms with Crippen molar-refractivity contribution in [2.75, 3.05) is 0 Å². The fraction of sp³-hybridized carbons (Fsp3) is 0.286. The quantitative estimate of drug-likeness (QED) is 0.727. The van der Waals surface area contributed by atoms with E-state index in [2.05, 4.69) is 9.97 Å². The minimum atomic E-state index is -4.70. The second kappa shape index (κ2) is 3.70. The van der Waals surface area contributed by atoms with Crippen LogP contribution < -0.4 is 0 Å². The fourth-order valence-corrected chi connectivity index (χ4v) is 0.928. The van der Waals surface area contributed by atoms with Gasteiger partial charge in [0.25, 0.3) is 0 Å². The molecule has 0 aliphatic heterocycles. The maximum atomic E-state index is 12.2. The minimum Gasteiger partial charge on any atom is -0.392 e. The van der Waals surface area contributed by atoms with Crippen molar-refractivity contribution < 1.29 is 23.1 Å². The number of aliphatic hydroxyl groups is 1. The molecule has 1 rings (SSSR count). The maximum Gasteiger partial charge on any atom is 0.433 e. The first-order valence-electron chi connectivity index (χ1n) is 3.47. The molecule has 0 atom stereocenters. The molecule has 0 saturated heterocycles. The Labute approximate surface area is 76.4 Å². The molecule has 1 aromatic heterocycles. The lowest BCUT2D eigenvalue weighted by molar-refractivity contribution is -0.142. The lowest BCUT2D eigenvalue weighted by atomic mass is 10.1. The first-order valence-corrected chi connectivity index (χ1v) is 3.47. The Morgan fingerprint density at radius 2 is 2.07 bits per heavy atom. The van der Waals surface area contributed by atoms with Crippen molar-refractivity contribution in [3.05, 3.63) is 23.3 Å². The Morgan fingerprint density at radius 3 is 2.50 bits per heavy atom. The predicted octanol–water partition coefficient (Wildman–Crippen LogP) is 0.800. The zero-order valence-electron chi connectivity index (χ0n) is 6.75. The number of hydrogen-bond donors (Lipinski definition) is 1. The molecule has 0 saturated carbocycles. The highest BCUT2D eigenvalue weighted by atomic mass is 19.4. The van der Waals surface area contributed by atoms with E-state index in [0.29, 0.717) is 6.33 Å². The number of hydrogen-bond acceptors (Lipinski definition) is 4. The largest absolute Gasteiger partial charge is 0.433 e. The topological polar surface area (TPSA) is 63.1 Å². The molecule has 0 aliphatic carbocycles. The summed E-state index contributed by atoms with van der Waals surface area (Å²) in [5.41, 5.74) is -2.33. The molecule has 0 bridgehead atoms. The summed E-state index contributed by atoms with van der Waals surface area (Å²) in [7, 11) is 0. The van der Waals surface area contributed by atoms with Gasteiger partial charge in [-0.1, -0.05) is 0 Å². The smallest absolute Gasteiger partial charge is 0.392 e. The van der Waals surface area contributed by atoms with Gasteiger partial charge in [0.05, 0.1) is 6.61 Å². The summed E-state index contributed by atoms with van der Waals surface area (Å²) < 4.78 is 36.7. The molecule has 14 heavy (non-hydrogen) atoms. The van der Waals surface area contributed by atoms with E-state index in [1.165, 1.54) is 0 Å². The number of aldehydes is 1. The number of aromatic nitrogens is 2. The van der Waals surface area contributed by atoms with Crippen LogP contribution in [-0.2, 0) is 12.8 Å². The summed E-state index contributed by atoms with van der Waals surface area (Å²) in [6.07, 6.45) is -3.92. The van der Waals surface area contributed by atoms with Crippen LogP contribution >= 0.6 is 0 Å². The zero-order valence-corrected chi connectivity index (χ0v) is 6.75. The third kappa shape index (κ3) is 1.87. The van der Waals surface area contributed by atoms with Gasteiger partial charge in [-0.2, -0.15) is 13.2 Å². The summed E-state index contributed by atoms with van der Waals surface area (Å²) >= 11 is 0. The van der Waals surface area contributed by atoms with Crippen LogP contribution in [0.5, 0.6) is 0 Å². The van der Waals surface area contributed by atoms with E-state index < -0.39 is 29.7 Å². The van der Waals surface area contributed by atoms with Crippen LogP contribution in [0, 0.1) is 0 Å². The lowest BCUT2D eigenvalue weighted by Crippen LogP contribution is -2.15. The van der Waals surface area contributed by atoms with Crippen molar-refractivity contribution in [2.24, 2.45) is 0 Å². The summed E-state index contributed by atoms with van der Waals surface area (Å²) in [5, 5.41) is 8.65. The zero-order chi connectivity index (χ0) is 10.8. The van der Waals surface area contributed by atoms with Crippen LogP contribution in [0.25, 0.3) is 0 Å². The van der Waals surface area contributed by atoms with E-state index in [1.54, 1.807) is 0 Å². The first kappa shape index (κ1) is 10.6. The molecular formula is C7H5F3N2O2. The Hall–Kier alpha value is -1.50. The van der Waals surface area contributed by atoms with Gasteiger partial charge in [0.2, 0.25) is 0 Å². The Morgan fingerprint density at radius 1 is 1.43 bits per heavy atom. The van der Waals surface area contributed by atoms with E-state index in [0.717, 1.165) is 0 Å². The Balaban J connectivity index is 3.36. The van der Waals surface area contributed by atoms with Crippen LogP contribution in [0.3, 0.4) is 0 Å². The van der Waals surface area contributed by atoms with Crippen molar-refractivity contribution in [2.45, 2.75) is 12.8 Å². The first-order chi connectivity index (χ1) is 6.50. The summed E-state index contributed by atoms with van der Waals surface area (Å²) in [6.45, 7) is -0.927. The molecule has 7 heteroatoms. The highest BCUT2D eigenvalue weighted by molar-refractivity contribution is 5.74. The average Bonchev–Trinajstić information content (AvgIpc) is 2.15. The van der Waals surface area contributed by atoms with Gasteiger partial charge < -0.3 is 5.11 Å². The summed E-state index contributed by atoms with van der Waals surface area (Å²) in [5.74, 6) is 0. The van der Waals surface area contributed by atoms with Gasteiger partial charge in [-0.15, -0.1) is 0 Å². The minimum absolute atomic E-state index is 0.141. The van der Waals surface area contributed by atoms with E-state index in [9.17, 15) is 18.0 Å². The standard InChI is InChI=1S/C7H5F3N2O2/c8-7(9,10)6-4(1-13)5(2-14)11-3-12-6/h2-3,13H,1H2. The van der Waals surface area contributed by atoms with Crippen LogP contribution in [0.4, 0.5) is 13.2 Å². The maximum absolute atomic E-state index is 12.2. The van der Waals surface area contributed by atoms with Gasteiger partial charge >= 0.3 is 6.18 Å². The van der Waals surface area contributed by atoms with Crippen LogP contribution in [0.1, 0.15) is 21.7 Å². The highest BCUT2D eigenvalue weighted by Gasteiger charge is 2.36. The molecule has 4 nitrogen and oxygen atoms in total. The van der Waals surface area contributed by atoms with Crippen molar-refractivity contribution in [3.63, 3.8) is 0 Å². The molecule has 1 N–H and O–H groups in total. The molecule has 0 unspecified atom stereocenters. The normalized spacial score (nSPS) is 11.4. The van der Waals surface area contributed by atoms with E-state index in [1.807, 2.05) is 0 Å². The lowest BCUT2D eigenvalue weighted by Gasteiger charge is -2.10. The number of carbonyl (C=O) groups excluding carboxylic acids is 1. The number of alkyl halides is 3. The van der Waals surface area contributed by atoms with Crippen LogP contribution in [0.15, 0.2) is 6.33 Å². The number of nitrogens with zero attached hydrogens (tertiary/aromatic N) is 2. The molecule has 0 radical (unpaired) electrons. The fourth-order valence-electron chi connectivity index (χ4n) is 0.928. The summed E-state index contributed by atoms with van der Waals surface area (Å²) in [6, 6.07) is 0. The van der Waals surface area contributed by atoms with Gasteiger partial charge in [0.1, 0.15) is 12.0 Å². The second-order valence-corrected chi connectivity index (χ2v) is 2.36. The molecule has 1 heterocycles. The average molecular weight is 206 g/mol. The van der Waals surface area contributed by atoms with Crippen molar-refractivity contribution >= 4 is 6.29 Å². The Bertz CT molecular complexity index is 351. The number of aliphatic hydroxyl groups excluding tert-OH is 1. The molecule has 0 aliphatic rings. The van der Waals surface area contributed by atoms with Crippen molar-refractivity contribution in [1.29, 1.82) is 0 Å². The highest BCUT2D eigenvalue weighted by Crippen LogP contribution is 2.30. The second-order valence-electron chi connectivity index (χ2n) is 2.36. The van der Waals surface area contributed by atoms with Crippen LogP contribution in [0.2, 0.25) is 0 Å². The van der Waals surface area contributed by atoms with Crippen LogP contribution in [-0.4, -0.2) is 21.4 Å². The SMILES string of the molecule is O=Cc1ncnc(C(F)(F)F)c1CO. The molecule has 0 fully saturated rings. The van der Waals surface area contributed by atoms with Gasteiger partial charge in [0, 0.05) is 5.56 Å². The van der Waals surface area contributed by atoms with E-state index in [-0.39, 0.29) is 6.29 Å². The molecule has 1 aromatic rings. The van der Waals surface area contributed by atoms with Gasteiger partial charge in [-0.25, -0.2) is 9.97 Å². The predicted molar refractivity (Wildman–Crippen MR) is 38.3 cm³/mol. The molecule has 0 amide bonds. The molecule has 0 spiro atoms. The monoisotopic (exact) mass is 206 g/mol. The number of rotatable bonds is 2. The number of halogens is 3. The molecular weight excluding hydrogens is 201 g/mol. The third-order valence-electron chi connectivity index (χ3n) is 1.52. The third-order valence-corrected chi connectivity index (χ3v) is 1.52. The van der Waals surface area contributed by atoms with Crippen molar-refractivity contribution in [3.8, 4) is 0 Å². The van der Waals surface area contributed by atoms with E-state index >= 15 is 0 Å². The molecule has 76 valence electrons. The van der Waals surface area contributed by atoms with E-state index in [4.69, 9.17) is 5.11 Å².